The maximum Gasteiger partial charge on any atom is 0.326 e. The quantitative estimate of drug-likeness (QED) is 0.181. The Morgan fingerprint density at radius 3 is 2.42 bits per heavy atom. The number of aromatic hydroxyl groups is 1. The summed E-state index contributed by atoms with van der Waals surface area (Å²) < 4.78 is 0. The minimum atomic E-state index is -1.16. The van der Waals surface area contributed by atoms with E-state index in [-0.39, 0.29) is 30.5 Å². The predicted octanol–water partition coefficient (Wildman–Crippen LogP) is -1.01. The maximum absolute atomic E-state index is 12.8. The zero-order chi connectivity index (χ0) is 24.2. The number of carbonyl (C=O) groups excluding carboxylic acids is 3. The summed E-state index contributed by atoms with van der Waals surface area (Å²) in [6.45, 7) is 0.729. The number of rotatable bonds is 13. The molecule has 0 bridgehead atoms. The lowest BCUT2D eigenvalue weighted by molar-refractivity contribution is -0.142. The van der Waals surface area contributed by atoms with Crippen LogP contribution in [0.1, 0.15) is 37.7 Å². The predicted molar refractivity (Wildman–Crippen MR) is 120 cm³/mol. The first-order chi connectivity index (χ1) is 15.8. The van der Waals surface area contributed by atoms with Crippen molar-refractivity contribution >= 4 is 23.7 Å². The summed E-state index contributed by atoms with van der Waals surface area (Å²) in [5.41, 5.74) is 6.12. The summed E-state index contributed by atoms with van der Waals surface area (Å²) in [6.07, 6.45) is 3.12. The fraction of sp³-hybridized carbons (Fsp3) is 0.545. The molecule has 11 nitrogen and oxygen atoms in total. The minimum Gasteiger partial charge on any atom is -0.508 e. The van der Waals surface area contributed by atoms with Gasteiger partial charge in [-0.1, -0.05) is 12.1 Å². The lowest BCUT2D eigenvalue weighted by atomic mass is 10.0. The van der Waals surface area contributed by atoms with E-state index in [9.17, 15) is 29.4 Å². The van der Waals surface area contributed by atoms with E-state index in [1.165, 1.54) is 12.1 Å². The molecule has 0 saturated carbocycles. The molecule has 1 aliphatic heterocycles. The molecule has 1 saturated heterocycles. The van der Waals surface area contributed by atoms with Gasteiger partial charge in [0.2, 0.25) is 17.7 Å². The van der Waals surface area contributed by atoms with E-state index in [0.717, 1.165) is 13.0 Å². The number of hydrogen-bond acceptors (Lipinski definition) is 7. The molecule has 1 fully saturated rings. The van der Waals surface area contributed by atoms with Crippen molar-refractivity contribution in [3.8, 4) is 5.75 Å². The molecule has 1 aromatic rings. The molecule has 3 atom stereocenters. The van der Waals surface area contributed by atoms with Gasteiger partial charge in [0.15, 0.2) is 0 Å². The van der Waals surface area contributed by atoms with Crippen molar-refractivity contribution in [2.75, 3.05) is 19.6 Å². The van der Waals surface area contributed by atoms with E-state index in [0.29, 0.717) is 31.4 Å². The first kappa shape index (κ1) is 26.1. The van der Waals surface area contributed by atoms with Gasteiger partial charge in [0.1, 0.15) is 17.8 Å². The molecule has 0 radical (unpaired) electrons. The smallest absolute Gasteiger partial charge is 0.326 e. The van der Waals surface area contributed by atoms with Crippen LogP contribution in [-0.4, -0.2) is 71.7 Å². The maximum atomic E-state index is 12.8. The van der Waals surface area contributed by atoms with Crippen LogP contribution < -0.4 is 27.0 Å². The summed E-state index contributed by atoms with van der Waals surface area (Å²) in [4.78, 5) is 48.9. The summed E-state index contributed by atoms with van der Waals surface area (Å²) in [5.74, 6) is -2.60. The number of phenols is 1. The van der Waals surface area contributed by atoms with Crippen molar-refractivity contribution in [1.82, 2.24) is 21.3 Å². The van der Waals surface area contributed by atoms with Crippen LogP contribution in [0.4, 0.5) is 0 Å². The highest BCUT2D eigenvalue weighted by atomic mass is 16.4. The Balaban J connectivity index is 1.96. The number of carboxylic acids is 1. The SMILES string of the molecule is NCCCCC(NC(=O)CNC(=O)C(Cc1ccc(O)cc1)NC(=O)C1CCCN1)C(=O)O. The van der Waals surface area contributed by atoms with Crippen LogP contribution >= 0.6 is 0 Å². The molecule has 1 aromatic carbocycles. The Bertz CT molecular complexity index is 810. The molecule has 8 N–H and O–H groups in total. The summed E-state index contributed by atoms with van der Waals surface area (Å²) in [5, 5.41) is 29.4. The average molecular weight is 464 g/mol. The van der Waals surface area contributed by atoms with Crippen molar-refractivity contribution in [1.29, 1.82) is 0 Å². The molecule has 1 heterocycles. The molecular formula is C22H33N5O6. The summed E-state index contributed by atoms with van der Waals surface area (Å²) in [7, 11) is 0. The second-order valence-corrected chi connectivity index (χ2v) is 8.04. The Kier molecular flexibility index (Phi) is 10.6. The first-order valence-electron chi connectivity index (χ1n) is 11.1. The largest absolute Gasteiger partial charge is 0.508 e. The van der Waals surface area contributed by atoms with Crippen LogP contribution in [0.15, 0.2) is 24.3 Å². The second-order valence-electron chi connectivity index (χ2n) is 8.04. The Labute approximate surface area is 192 Å². The zero-order valence-electron chi connectivity index (χ0n) is 18.5. The number of amides is 3. The van der Waals surface area contributed by atoms with Crippen LogP contribution in [0.5, 0.6) is 5.75 Å². The molecule has 3 unspecified atom stereocenters. The lowest BCUT2D eigenvalue weighted by Crippen LogP contribution is -2.54. The van der Waals surface area contributed by atoms with Gasteiger partial charge in [-0.15, -0.1) is 0 Å². The molecule has 182 valence electrons. The highest BCUT2D eigenvalue weighted by molar-refractivity contribution is 5.92. The van der Waals surface area contributed by atoms with Crippen LogP contribution in [0.2, 0.25) is 0 Å². The minimum absolute atomic E-state index is 0.0788. The molecule has 0 spiro atoms. The summed E-state index contributed by atoms with van der Waals surface area (Å²) in [6, 6.07) is 3.85. The summed E-state index contributed by atoms with van der Waals surface area (Å²) >= 11 is 0. The van der Waals surface area contributed by atoms with E-state index in [1.54, 1.807) is 12.1 Å². The number of hydrogen-bond donors (Lipinski definition) is 7. The molecule has 0 aliphatic carbocycles. The van der Waals surface area contributed by atoms with Crippen LogP contribution in [0.3, 0.4) is 0 Å². The Morgan fingerprint density at radius 2 is 1.82 bits per heavy atom. The lowest BCUT2D eigenvalue weighted by Gasteiger charge is -2.21. The third-order valence-electron chi connectivity index (χ3n) is 5.39. The van der Waals surface area contributed by atoms with Crippen molar-refractivity contribution in [2.24, 2.45) is 5.73 Å². The van der Waals surface area contributed by atoms with Gasteiger partial charge in [0.25, 0.3) is 0 Å². The number of carbonyl (C=O) groups is 4. The van der Waals surface area contributed by atoms with Crippen molar-refractivity contribution < 1.29 is 29.4 Å². The van der Waals surface area contributed by atoms with Crippen LogP contribution in [0, 0.1) is 0 Å². The third kappa shape index (κ3) is 9.07. The number of nitrogens with two attached hydrogens (primary N) is 1. The topological polar surface area (TPSA) is 183 Å². The second kappa shape index (κ2) is 13.4. The number of carboxylic acid groups (broad SMARTS) is 1. The van der Waals surface area contributed by atoms with Crippen LogP contribution in [-0.2, 0) is 25.6 Å². The van der Waals surface area contributed by atoms with E-state index in [4.69, 9.17) is 5.73 Å². The van der Waals surface area contributed by atoms with Gasteiger partial charge in [-0.2, -0.15) is 0 Å². The molecule has 2 rings (SSSR count). The Morgan fingerprint density at radius 1 is 1.09 bits per heavy atom. The number of phenolic OH excluding ortho intramolecular Hbond substituents is 1. The van der Waals surface area contributed by atoms with Crippen molar-refractivity contribution in [3.05, 3.63) is 29.8 Å². The molecule has 11 heteroatoms. The fourth-order valence-corrected chi connectivity index (χ4v) is 3.54. The third-order valence-corrected chi connectivity index (χ3v) is 5.39. The molecule has 33 heavy (non-hydrogen) atoms. The van der Waals surface area contributed by atoms with E-state index in [2.05, 4.69) is 21.3 Å². The fourth-order valence-electron chi connectivity index (χ4n) is 3.54. The normalized spacial score (nSPS) is 17.1. The first-order valence-corrected chi connectivity index (χ1v) is 11.1. The van der Waals surface area contributed by atoms with Gasteiger partial charge >= 0.3 is 5.97 Å². The monoisotopic (exact) mass is 463 g/mol. The number of benzene rings is 1. The van der Waals surface area contributed by atoms with Gasteiger partial charge in [-0.25, -0.2) is 4.79 Å². The molecule has 1 aliphatic rings. The Hall–Kier alpha value is -3.18. The highest BCUT2D eigenvalue weighted by Gasteiger charge is 2.28. The van der Waals surface area contributed by atoms with Crippen LogP contribution in [0.25, 0.3) is 0 Å². The van der Waals surface area contributed by atoms with Crippen molar-refractivity contribution in [3.63, 3.8) is 0 Å². The molecule has 3 amide bonds. The van der Waals surface area contributed by atoms with E-state index < -0.39 is 36.4 Å². The number of aliphatic carboxylic acids is 1. The molecular weight excluding hydrogens is 430 g/mol. The average Bonchev–Trinajstić information content (AvgIpc) is 3.33. The standard InChI is InChI=1S/C22H33N5O6/c23-10-2-1-4-17(22(32)33)26-19(29)13-25-20(30)18(12-14-6-8-15(28)9-7-14)27-21(31)16-5-3-11-24-16/h6-9,16-18,24,28H,1-5,10-13,23H2,(H,25,30)(H,26,29)(H,27,31)(H,32,33). The van der Waals surface area contributed by atoms with Gasteiger partial charge in [-0.3, -0.25) is 14.4 Å². The van der Waals surface area contributed by atoms with Gasteiger partial charge < -0.3 is 37.2 Å². The number of unbranched alkanes of at least 4 members (excludes halogenated alkanes) is 1. The van der Waals surface area contributed by atoms with E-state index in [1.807, 2.05) is 0 Å². The van der Waals surface area contributed by atoms with Gasteiger partial charge in [-0.05, 0) is 62.9 Å². The highest BCUT2D eigenvalue weighted by Crippen LogP contribution is 2.12. The van der Waals surface area contributed by atoms with E-state index >= 15 is 0 Å². The van der Waals surface area contributed by atoms with Gasteiger partial charge in [0.05, 0.1) is 12.6 Å². The van der Waals surface area contributed by atoms with Gasteiger partial charge in [0, 0.05) is 6.42 Å². The molecule has 0 aromatic heterocycles. The number of nitrogens with one attached hydrogen (secondary N) is 4. The zero-order valence-corrected chi connectivity index (χ0v) is 18.5. The van der Waals surface area contributed by atoms with Crippen molar-refractivity contribution in [2.45, 2.75) is 56.7 Å².